The van der Waals surface area contributed by atoms with E-state index in [4.69, 9.17) is 0 Å². The van der Waals surface area contributed by atoms with Gasteiger partial charge in [-0.15, -0.1) is 0 Å². The van der Waals surface area contributed by atoms with E-state index in [2.05, 4.69) is 20.3 Å². The molecule has 1 aromatic carbocycles. The Kier molecular flexibility index (Phi) is 6.11. The second kappa shape index (κ2) is 9.15. The number of aromatic hydroxyl groups is 1. The molecular formula is C22H21FN6O4. The van der Waals surface area contributed by atoms with Gasteiger partial charge in [-0.1, -0.05) is 12.1 Å². The standard InChI is InChI=1S/C22H21FN6O4/c1-28-19(16-3-2-8-29(16)21(32)14-10-24-12-25-11-14)27-17(18(30)22(28)33)20(31)26-9-13-4-6-15(23)7-5-13/h4-7,10-12,16,30H,2-3,8-9H2,1H3,(H,26,31). The first-order valence-electron chi connectivity index (χ1n) is 10.3. The fourth-order valence-electron chi connectivity index (χ4n) is 3.78. The molecule has 0 bridgehead atoms. The third kappa shape index (κ3) is 4.43. The SMILES string of the molecule is Cn1c(C2CCCN2C(=O)c2cncnc2)nc(C(=O)NCc2ccc(F)cc2)c(O)c1=O. The summed E-state index contributed by atoms with van der Waals surface area (Å²) in [5.74, 6) is -2.08. The Morgan fingerprint density at radius 1 is 1.21 bits per heavy atom. The quantitative estimate of drug-likeness (QED) is 0.597. The lowest BCUT2D eigenvalue weighted by molar-refractivity contribution is 0.0726. The van der Waals surface area contributed by atoms with Crippen LogP contribution in [-0.4, -0.2) is 47.9 Å². The van der Waals surface area contributed by atoms with Gasteiger partial charge in [-0.3, -0.25) is 19.0 Å². The van der Waals surface area contributed by atoms with Gasteiger partial charge in [-0.25, -0.2) is 19.3 Å². The summed E-state index contributed by atoms with van der Waals surface area (Å²) in [6, 6.07) is 4.97. The summed E-state index contributed by atoms with van der Waals surface area (Å²) >= 11 is 0. The minimum absolute atomic E-state index is 0.0484. The molecule has 3 heterocycles. The van der Waals surface area contributed by atoms with E-state index in [1.165, 1.54) is 50.0 Å². The van der Waals surface area contributed by atoms with Gasteiger partial charge in [-0.05, 0) is 30.5 Å². The van der Waals surface area contributed by atoms with Crippen molar-refractivity contribution < 1.29 is 19.1 Å². The Labute approximate surface area is 187 Å². The number of hydrogen-bond donors (Lipinski definition) is 2. The molecular weight excluding hydrogens is 431 g/mol. The first kappa shape index (κ1) is 22.1. The smallest absolute Gasteiger partial charge is 0.296 e. The molecule has 0 aliphatic carbocycles. The van der Waals surface area contributed by atoms with Gasteiger partial charge in [0.2, 0.25) is 5.75 Å². The van der Waals surface area contributed by atoms with Crippen molar-refractivity contribution in [2.75, 3.05) is 6.54 Å². The van der Waals surface area contributed by atoms with Crippen molar-refractivity contribution in [3.05, 3.63) is 81.8 Å². The highest BCUT2D eigenvalue weighted by molar-refractivity contribution is 5.95. The van der Waals surface area contributed by atoms with E-state index in [9.17, 15) is 23.9 Å². The van der Waals surface area contributed by atoms with Crippen molar-refractivity contribution in [1.82, 2.24) is 29.7 Å². The van der Waals surface area contributed by atoms with Crippen LogP contribution < -0.4 is 10.9 Å². The van der Waals surface area contributed by atoms with Crippen molar-refractivity contribution in [1.29, 1.82) is 0 Å². The van der Waals surface area contributed by atoms with Crippen molar-refractivity contribution in [2.24, 2.45) is 7.05 Å². The lowest BCUT2D eigenvalue weighted by atomic mass is 10.1. The molecule has 0 saturated carbocycles. The zero-order valence-corrected chi connectivity index (χ0v) is 17.7. The van der Waals surface area contributed by atoms with Crippen LogP contribution in [0.25, 0.3) is 0 Å². The topological polar surface area (TPSA) is 130 Å². The Hall–Kier alpha value is -4.15. The van der Waals surface area contributed by atoms with Gasteiger partial charge in [0.15, 0.2) is 5.69 Å². The van der Waals surface area contributed by atoms with E-state index in [-0.39, 0.29) is 18.3 Å². The average Bonchev–Trinajstić information content (AvgIpc) is 3.32. The number of rotatable bonds is 5. The molecule has 1 aliphatic heterocycles. The van der Waals surface area contributed by atoms with Gasteiger partial charge in [0.05, 0.1) is 11.6 Å². The van der Waals surface area contributed by atoms with Crippen molar-refractivity contribution in [3.8, 4) is 5.75 Å². The number of carbonyl (C=O) groups is 2. The van der Waals surface area contributed by atoms with E-state index in [0.717, 1.165) is 4.57 Å². The van der Waals surface area contributed by atoms with E-state index in [1.54, 1.807) is 4.90 Å². The van der Waals surface area contributed by atoms with Crippen LogP contribution in [0, 0.1) is 5.82 Å². The van der Waals surface area contributed by atoms with Crippen molar-refractivity contribution >= 4 is 11.8 Å². The summed E-state index contributed by atoms with van der Waals surface area (Å²) in [7, 11) is 1.43. The Morgan fingerprint density at radius 2 is 1.91 bits per heavy atom. The van der Waals surface area contributed by atoms with Crippen molar-refractivity contribution in [3.63, 3.8) is 0 Å². The normalized spacial score (nSPS) is 15.5. The van der Waals surface area contributed by atoms with Gasteiger partial charge in [-0.2, -0.15) is 0 Å². The lowest BCUT2D eigenvalue weighted by Crippen LogP contribution is -2.36. The molecule has 11 heteroatoms. The maximum atomic E-state index is 13.1. The predicted molar refractivity (Wildman–Crippen MR) is 114 cm³/mol. The molecule has 1 unspecified atom stereocenters. The largest absolute Gasteiger partial charge is 0.501 e. The summed E-state index contributed by atoms with van der Waals surface area (Å²) < 4.78 is 14.2. The number of halogens is 1. The molecule has 0 spiro atoms. The minimum atomic E-state index is -0.797. The fourth-order valence-corrected chi connectivity index (χ4v) is 3.78. The monoisotopic (exact) mass is 452 g/mol. The fraction of sp³-hybridized carbons (Fsp3) is 0.273. The van der Waals surface area contributed by atoms with E-state index < -0.39 is 34.8 Å². The number of nitrogens with zero attached hydrogens (tertiary/aromatic N) is 5. The molecule has 4 rings (SSSR count). The van der Waals surface area contributed by atoms with E-state index in [0.29, 0.717) is 30.5 Å². The van der Waals surface area contributed by atoms with Gasteiger partial charge >= 0.3 is 0 Å². The average molecular weight is 452 g/mol. The Balaban J connectivity index is 1.62. The number of amides is 2. The second-order valence-electron chi connectivity index (χ2n) is 7.62. The van der Waals surface area contributed by atoms with Crippen LogP contribution in [0.1, 0.15) is 51.1 Å². The highest BCUT2D eigenvalue weighted by atomic mass is 19.1. The molecule has 33 heavy (non-hydrogen) atoms. The van der Waals surface area contributed by atoms with Gasteiger partial charge < -0.3 is 15.3 Å². The molecule has 2 aromatic heterocycles. The van der Waals surface area contributed by atoms with Crippen LogP contribution in [0.5, 0.6) is 5.75 Å². The first-order chi connectivity index (χ1) is 15.9. The maximum Gasteiger partial charge on any atom is 0.296 e. The van der Waals surface area contributed by atoms with Crippen LogP contribution in [0.2, 0.25) is 0 Å². The number of likely N-dealkylation sites (tertiary alicyclic amines) is 1. The van der Waals surface area contributed by atoms with Crippen LogP contribution in [0.15, 0.2) is 47.8 Å². The van der Waals surface area contributed by atoms with Crippen LogP contribution in [0.3, 0.4) is 0 Å². The molecule has 1 aliphatic rings. The lowest BCUT2D eigenvalue weighted by Gasteiger charge is -2.26. The predicted octanol–water partition coefficient (Wildman–Crippen LogP) is 1.32. The second-order valence-corrected chi connectivity index (χ2v) is 7.62. The number of nitrogens with one attached hydrogen (secondary N) is 1. The maximum absolute atomic E-state index is 13.1. The molecule has 2 N–H and O–H groups in total. The molecule has 3 aromatic rings. The van der Waals surface area contributed by atoms with Gasteiger partial charge in [0, 0.05) is 32.5 Å². The number of benzene rings is 1. The highest BCUT2D eigenvalue weighted by Crippen LogP contribution is 2.32. The third-order valence-electron chi connectivity index (χ3n) is 5.50. The zero-order chi connectivity index (χ0) is 23.5. The zero-order valence-electron chi connectivity index (χ0n) is 17.7. The summed E-state index contributed by atoms with van der Waals surface area (Å²) in [6.45, 7) is 0.480. The van der Waals surface area contributed by atoms with Crippen molar-refractivity contribution in [2.45, 2.75) is 25.4 Å². The first-order valence-corrected chi connectivity index (χ1v) is 10.3. The molecule has 1 fully saturated rings. The summed E-state index contributed by atoms with van der Waals surface area (Å²) in [5, 5.41) is 12.9. The van der Waals surface area contributed by atoms with E-state index in [1.807, 2.05) is 0 Å². The molecule has 0 radical (unpaired) electrons. The molecule has 2 amide bonds. The van der Waals surface area contributed by atoms with Crippen LogP contribution in [0.4, 0.5) is 4.39 Å². The number of carbonyl (C=O) groups excluding carboxylic acids is 2. The van der Waals surface area contributed by atoms with Crippen LogP contribution >= 0.6 is 0 Å². The van der Waals surface area contributed by atoms with Crippen LogP contribution in [-0.2, 0) is 13.6 Å². The summed E-state index contributed by atoms with van der Waals surface area (Å²) in [5.41, 5.74) is -0.303. The number of hydrogen-bond acceptors (Lipinski definition) is 7. The minimum Gasteiger partial charge on any atom is -0.501 e. The molecule has 170 valence electrons. The van der Waals surface area contributed by atoms with Gasteiger partial charge in [0.25, 0.3) is 17.4 Å². The summed E-state index contributed by atoms with van der Waals surface area (Å²) in [6.07, 6.45) is 5.33. The number of aromatic nitrogens is 4. The van der Waals surface area contributed by atoms with Gasteiger partial charge in [0.1, 0.15) is 18.0 Å². The molecule has 10 nitrogen and oxygen atoms in total. The molecule has 1 atom stereocenters. The summed E-state index contributed by atoms with van der Waals surface area (Å²) in [4.78, 5) is 51.9. The highest BCUT2D eigenvalue weighted by Gasteiger charge is 2.35. The Morgan fingerprint density at radius 3 is 2.61 bits per heavy atom. The Bertz CT molecular complexity index is 1250. The van der Waals surface area contributed by atoms with E-state index >= 15 is 0 Å². The molecule has 1 saturated heterocycles. The third-order valence-corrected chi connectivity index (χ3v) is 5.50.